The van der Waals surface area contributed by atoms with Crippen molar-refractivity contribution in [3.63, 3.8) is 0 Å². The molecule has 14 aromatic rings. The van der Waals surface area contributed by atoms with E-state index in [9.17, 15) is 0 Å². The Bertz CT molecular complexity index is 3590. The fourth-order valence-electron chi connectivity index (χ4n) is 9.15. The summed E-state index contributed by atoms with van der Waals surface area (Å²) >= 11 is 0. The zero-order valence-electron chi connectivity index (χ0n) is 38.0. The average Bonchev–Trinajstić information content (AvgIpc) is 4.09. The Kier molecular flexibility index (Phi) is 12.5. The summed E-state index contributed by atoms with van der Waals surface area (Å²) in [5.41, 5.74) is 16.8. The van der Waals surface area contributed by atoms with Crippen molar-refractivity contribution in [2.45, 2.75) is 0 Å². The summed E-state index contributed by atoms with van der Waals surface area (Å²) < 4.78 is 0. The van der Waals surface area contributed by atoms with Crippen LogP contribution in [0.1, 0.15) is 0 Å². The number of pyridine rings is 4. The number of rotatable bonds is 5. The molecular formula is C62H40N8Ru. The quantitative estimate of drug-likeness (QED) is 0.124. The van der Waals surface area contributed by atoms with Crippen LogP contribution in [0.2, 0.25) is 0 Å². The van der Waals surface area contributed by atoms with E-state index in [0.717, 1.165) is 65.7 Å². The van der Waals surface area contributed by atoms with Crippen molar-refractivity contribution in [2.24, 2.45) is 0 Å². The van der Waals surface area contributed by atoms with Gasteiger partial charge in [-0.25, -0.2) is 0 Å². The zero-order chi connectivity index (χ0) is 46.6. The molecule has 0 aliphatic rings. The molecule has 0 N–H and O–H groups in total. The molecule has 0 amide bonds. The third kappa shape index (κ3) is 8.83. The molecule has 0 atom stereocenters. The second-order valence-corrected chi connectivity index (χ2v) is 16.7. The Morgan fingerprint density at radius 1 is 0.254 bits per heavy atom. The number of aromatic nitrogens is 8. The van der Waals surface area contributed by atoms with Gasteiger partial charge in [0.05, 0.1) is 22.1 Å². The van der Waals surface area contributed by atoms with Gasteiger partial charge in [0, 0.05) is 46.3 Å². The summed E-state index contributed by atoms with van der Waals surface area (Å²) in [5, 5.41) is 4.51. The molecule has 336 valence electrons. The molecule has 8 nitrogen and oxygen atoms in total. The van der Waals surface area contributed by atoms with Crippen molar-refractivity contribution >= 4 is 65.7 Å². The molecule has 0 saturated heterocycles. The topological polar surface area (TPSA) is 106 Å². The molecular weight excluding hydrogens is 958 g/mol. The van der Waals surface area contributed by atoms with E-state index in [1.54, 1.807) is 0 Å². The number of nitrogens with zero attached hydrogens (tertiary/aromatic N) is 8. The van der Waals surface area contributed by atoms with Gasteiger partial charge in [-0.2, -0.15) is 0 Å². The second-order valence-electron chi connectivity index (χ2n) is 16.7. The van der Waals surface area contributed by atoms with Gasteiger partial charge in [-0.05, 0) is 90.8 Å². The van der Waals surface area contributed by atoms with Crippen LogP contribution in [0.15, 0.2) is 243 Å². The number of para-hydroxylation sites is 4. The monoisotopic (exact) mass is 998 g/mol. The van der Waals surface area contributed by atoms with Gasteiger partial charge in [-0.15, -0.1) is 0 Å². The van der Waals surface area contributed by atoms with Crippen molar-refractivity contribution in [1.82, 2.24) is 39.9 Å². The van der Waals surface area contributed by atoms with Gasteiger partial charge in [0.2, 0.25) is 0 Å². The van der Waals surface area contributed by atoms with Crippen LogP contribution >= 0.6 is 0 Å². The maximum absolute atomic E-state index is 4.67. The first-order valence-electron chi connectivity index (χ1n) is 23.1. The van der Waals surface area contributed by atoms with E-state index in [0.29, 0.717) is 11.6 Å². The molecule has 9 heteroatoms. The fourth-order valence-corrected chi connectivity index (χ4v) is 9.15. The minimum Gasteiger partial charge on any atom is -0.436 e. The fraction of sp³-hybridized carbons (Fsp3) is 0. The Hall–Kier alpha value is -9.04. The molecule has 0 spiro atoms. The van der Waals surface area contributed by atoms with Crippen LogP contribution in [-0.4, -0.2) is 29.9 Å². The number of benzene rings is 8. The Morgan fingerprint density at radius 3 is 0.775 bits per heavy atom. The predicted octanol–water partition coefficient (Wildman–Crippen LogP) is 14.6. The van der Waals surface area contributed by atoms with Crippen molar-refractivity contribution in [2.75, 3.05) is 0 Å². The van der Waals surface area contributed by atoms with Gasteiger partial charge in [0.1, 0.15) is 0 Å². The summed E-state index contributed by atoms with van der Waals surface area (Å²) in [6.07, 6.45) is 7.50. The third-order valence-electron chi connectivity index (χ3n) is 12.5. The Labute approximate surface area is 422 Å². The smallest absolute Gasteiger partial charge is 0.436 e. The number of hydrogen-bond acceptors (Lipinski definition) is 6. The zero-order valence-corrected chi connectivity index (χ0v) is 39.8. The Morgan fingerprint density at radius 2 is 0.507 bits per heavy atom. The molecule has 0 aliphatic heterocycles. The van der Waals surface area contributed by atoms with E-state index in [2.05, 4.69) is 185 Å². The van der Waals surface area contributed by atoms with Gasteiger partial charge in [-0.3, -0.25) is 19.9 Å². The number of fused-ring (bicyclic) bond motifs is 8. The van der Waals surface area contributed by atoms with Crippen molar-refractivity contribution in [1.29, 1.82) is 0 Å². The van der Waals surface area contributed by atoms with Gasteiger partial charge in [0.25, 0.3) is 0 Å². The molecule has 8 aromatic carbocycles. The van der Waals surface area contributed by atoms with Crippen molar-refractivity contribution in [3.05, 3.63) is 243 Å². The van der Waals surface area contributed by atoms with Crippen LogP contribution in [0, 0.1) is 0 Å². The number of hydrogen-bond donors (Lipinski definition) is 0. The molecule has 0 aliphatic carbocycles. The summed E-state index contributed by atoms with van der Waals surface area (Å²) in [5.74, 6) is 1.18. The first-order valence-corrected chi connectivity index (χ1v) is 23.1. The standard InChI is InChI=1S/2C24H16N2.C14H8N4.Ru/c2*1-3-7-17(8-4-1)19-13-15-25-23-21(19)11-12-22-20(14-16-26-24(22)23)18-9-5-2-6-10-18;1-2-6-10-9(5-1)15-13(16-10)14-17-11-7-3-4-8-12(11)18-14;/h2*1-16H;1-8H;/q;;-2;+2. The van der Waals surface area contributed by atoms with Gasteiger partial charge >= 0.3 is 19.5 Å². The molecule has 0 unspecified atom stereocenters. The summed E-state index contributed by atoms with van der Waals surface area (Å²) in [6, 6.07) is 74.2. The maximum atomic E-state index is 4.67. The van der Waals surface area contributed by atoms with Gasteiger partial charge in [0.15, 0.2) is 0 Å². The SMILES string of the molecule is [Ru+2].c1ccc(-c2ccnc3c2ccc2c(-c4ccccc4)ccnc23)cc1.c1ccc(-c2ccnc3c2ccc2c(-c4ccccc4)ccnc23)cc1.c1ccc2[n-]c(-c3nc4ccccc4[n-]3)nc2c1. The first kappa shape index (κ1) is 44.5. The molecule has 71 heavy (non-hydrogen) atoms. The average molecular weight is 998 g/mol. The normalized spacial score (nSPS) is 11.0. The van der Waals surface area contributed by atoms with E-state index in [-0.39, 0.29) is 19.5 Å². The minimum absolute atomic E-state index is 0. The largest absolute Gasteiger partial charge is 2.00 e. The molecule has 14 rings (SSSR count). The van der Waals surface area contributed by atoms with Crippen molar-refractivity contribution < 1.29 is 19.5 Å². The van der Waals surface area contributed by atoms with Crippen LogP contribution in [-0.2, 0) is 19.5 Å². The molecule has 0 radical (unpaired) electrons. The van der Waals surface area contributed by atoms with Crippen LogP contribution in [0.5, 0.6) is 0 Å². The van der Waals surface area contributed by atoms with E-state index in [1.165, 1.54) is 44.5 Å². The summed E-state index contributed by atoms with van der Waals surface area (Å²) in [6.45, 7) is 0. The molecule has 0 fully saturated rings. The number of imidazole rings is 2. The summed E-state index contributed by atoms with van der Waals surface area (Å²) in [4.78, 5) is 36.4. The van der Waals surface area contributed by atoms with E-state index >= 15 is 0 Å². The Balaban J connectivity index is 0.000000117. The second kappa shape index (κ2) is 19.9. The summed E-state index contributed by atoms with van der Waals surface area (Å²) in [7, 11) is 0. The van der Waals surface area contributed by atoms with E-state index in [4.69, 9.17) is 0 Å². The first-order chi connectivity index (χ1) is 34.7. The molecule has 0 saturated carbocycles. The van der Waals surface area contributed by atoms with Crippen molar-refractivity contribution in [3.8, 4) is 56.2 Å². The van der Waals surface area contributed by atoms with E-state index < -0.39 is 0 Å². The van der Waals surface area contributed by atoms with Crippen LogP contribution in [0.3, 0.4) is 0 Å². The van der Waals surface area contributed by atoms with Gasteiger partial charge in [-0.1, -0.05) is 206 Å². The molecule has 6 heterocycles. The minimum atomic E-state index is 0. The predicted molar refractivity (Wildman–Crippen MR) is 285 cm³/mol. The van der Waals surface area contributed by atoms with Crippen LogP contribution < -0.4 is 9.97 Å². The third-order valence-corrected chi connectivity index (χ3v) is 12.5. The van der Waals surface area contributed by atoms with Crippen LogP contribution in [0.25, 0.3) is 122 Å². The maximum Gasteiger partial charge on any atom is 2.00 e. The van der Waals surface area contributed by atoms with Gasteiger partial charge < -0.3 is 19.9 Å². The molecule has 6 aromatic heterocycles. The van der Waals surface area contributed by atoms with E-state index in [1.807, 2.05) is 97.6 Å². The van der Waals surface area contributed by atoms with Crippen LogP contribution in [0.4, 0.5) is 0 Å². The molecule has 0 bridgehead atoms.